The first-order valence-corrected chi connectivity index (χ1v) is 43.1. The summed E-state index contributed by atoms with van der Waals surface area (Å²) in [6.07, 6.45) is -4.81. The van der Waals surface area contributed by atoms with Gasteiger partial charge in [-0.05, 0) is 62.3 Å². The fourth-order valence-corrected chi connectivity index (χ4v) is 18.2. The van der Waals surface area contributed by atoms with Crippen LogP contribution >= 0.6 is 35.2 Å². The smallest absolute Gasteiger partial charge is 0.386 e. The molecule has 0 spiro atoms. The van der Waals surface area contributed by atoms with Crippen molar-refractivity contribution in [3.8, 4) is 0 Å². The number of amides is 8. The van der Waals surface area contributed by atoms with E-state index in [1.165, 1.54) is 42.5 Å². The number of ether oxygens (including phenoxy) is 3. The molecule has 5 heterocycles. The van der Waals surface area contributed by atoms with Crippen LogP contribution in [0.15, 0.2) is 43.0 Å². The molecule has 6 rings (SSSR count). The number of rotatable bonds is 47. The van der Waals surface area contributed by atoms with Crippen molar-refractivity contribution in [3.05, 3.63) is 48.5 Å². The molecule has 2 aromatic heterocycles. The third kappa shape index (κ3) is 26.4. The molecule has 3 fully saturated rings. The van der Waals surface area contributed by atoms with Crippen LogP contribution in [-0.4, -0.2) is 261 Å². The summed E-state index contributed by atoms with van der Waals surface area (Å²) in [4.78, 5) is 181. The number of carbonyl (C=O) groups is 9. The molecule has 3 aromatic rings. The number of ketones is 1. The lowest BCUT2D eigenvalue weighted by Gasteiger charge is -2.41. The normalized spacial score (nSPS) is 21.8. The molecule has 41 heteroatoms. The number of aliphatic hydroxyl groups excluding tert-OH is 2. The predicted molar refractivity (Wildman–Crippen MR) is 409 cm³/mol. The number of imidazole rings is 1. The Morgan fingerprint density at radius 2 is 1.52 bits per heavy atom. The summed E-state index contributed by atoms with van der Waals surface area (Å²) in [6.45, 7) is 15.9. The molecule has 3 aliphatic rings. The standard InChI is InChI=1S/C71H115N12O25P3S/c1-15-43(6)59(50(102-13)35-55(87)81-31-22-25-48(81)61(103-14)45(8)66(91)78-44(7)33-46-23-18-16-19-24-46)80(12)68(93)47(41(2)3)34-49(84)58(42(4)5)79(11)54(86)26-20-17-21-30-82-56(88)36-52(69(82)94)112-32-29-73-53(85)27-28-74-67(92)63(90)71(9,10)38-105-111(100,101)108-110(98,99)104-37-51-62(107-109(95,96)97)60(89)70(106-51)83-40-77-57-64(72)75-39-76-65(57)83/h16,18-19,23-24,39-45,47-48,50-52,58-63,70,89-90H,15,17,20-22,25-38H2,1-14H3,(H,73,85)(H,74,92)(H,78,91)(H,98,99)(H,100,101)(H2,72,75,76)(H2,95,96,97). The molecule has 17 atom stereocenters. The van der Waals surface area contributed by atoms with Gasteiger partial charge in [0.2, 0.25) is 47.3 Å². The Bertz CT molecular complexity index is 3840. The molecule has 37 nitrogen and oxygen atoms in total. The van der Waals surface area contributed by atoms with Gasteiger partial charge in [0, 0.05) is 103 Å². The van der Waals surface area contributed by atoms with Crippen molar-refractivity contribution in [1.29, 1.82) is 0 Å². The Kier molecular flexibility index (Phi) is 35.9. The number of nitrogens with one attached hydrogen (secondary N) is 3. The van der Waals surface area contributed by atoms with Crippen molar-refractivity contribution in [3.63, 3.8) is 0 Å². The molecule has 0 aliphatic carbocycles. The van der Waals surface area contributed by atoms with E-state index in [0.29, 0.717) is 45.1 Å². The highest BCUT2D eigenvalue weighted by atomic mass is 32.2. The number of fused-ring (bicyclic) bond motifs is 1. The number of anilines is 1. The molecule has 0 bridgehead atoms. The number of nitrogens with two attached hydrogens (primary N) is 1. The topological polar surface area (TPSA) is 510 Å². The van der Waals surface area contributed by atoms with E-state index >= 15 is 0 Å². The summed E-state index contributed by atoms with van der Waals surface area (Å²) < 4.78 is 75.1. The monoisotopic (exact) mass is 1660 g/mol. The number of phosphoric acid groups is 3. The molecule has 630 valence electrons. The lowest BCUT2D eigenvalue weighted by atomic mass is 9.83. The van der Waals surface area contributed by atoms with Gasteiger partial charge in [-0.2, -0.15) is 4.31 Å². The highest BCUT2D eigenvalue weighted by Gasteiger charge is 2.51. The number of phosphoric ester groups is 3. The summed E-state index contributed by atoms with van der Waals surface area (Å²) in [7, 11) is -10.3. The van der Waals surface area contributed by atoms with Crippen molar-refractivity contribution in [1.82, 2.24) is 55.1 Å². The SMILES string of the molecule is CCC(C)C(C(CC(=O)N1CCCC1C(OC)C(C)C(=O)NC(C)Cc1ccccc1)OC)N(C)C(=O)C(CC(=O)C(C(C)C)N(C)C(=O)CCCCCN1C(=O)CC(SCCNC(=O)CCNC(=O)C(O)C(C)(C)COP(=O)(O)OP(=O)(O)OCC2OC(n3cnc4c(N)ncnc43)C(O)C2OP(=O)(O)O)C1=O)C(C)C. The maximum atomic E-state index is 14.9. The number of carbonyl (C=O) groups excluding carboxylic acids is 9. The second kappa shape index (κ2) is 42.5. The molecule has 3 saturated heterocycles. The second-order valence-corrected chi connectivity index (χ2v) is 35.8. The highest BCUT2D eigenvalue weighted by molar-refractivity contribution is 8.00. The number of benzene rings is 1. The van der Waals surface area contributed by atoms with Crippen LogP contribution in [0, 0.1) is 35.0 Å². The number of aliphatic hydroxyl groups is 2. The van der Waals surface area contributed by atoms with Gasteiger partial charge in [-0.3, -0.25) is 66.2 Å². The van der Waals surface area contributed by atoms with Crippen molar-refractivity contribution in [2.75, 3.05) is 79.2 Å². The van der Waals surface area contributed by atoms with E-state index in [1.54, 1.807) is 31.0 Å². The number of unbranched alkanes of at least 4 members (excludes halogenated alkanes) is 2. The Balaban J connectivity index is 0.882. The number of hydrogen-bond donors (Lipinski definition) is 10. The van der Waals surface area contributed by atoms with Crippen molar-refractivity contribution < 1.29 is 119 Å². The first kappa shape index (κ1) is 94.6. The number of likely N-dealkylation sites (N-methyl/N-ethyl adjacent to an activating group) is 2. The van der Waals surface area contributed by atoms with Gasteiger partial charge in [0.25, 0.3) is 0 Å². The van der Waals surface area contributed by atoms with Crippen molar-refractivity contribution >= 4 is 105 Å². The Hall–Kier alpha value is -6.28. The number of hydrogen-bond acceptors (Lipinski definition) is 26. The average Bonchev–Trinajstić information content (AvgIpc) is 1.61. The molecular weight excluding hydrogens is 1550 g/mol. The quantitative estimate of drug-likeness (QED) is 0.0215. The molecule has 0 radical (unpaired) electrons. The van der Waals surface area contributed by atoms with E-state index in [0.717, 1.165) is 29.2 Å². The van der Waals surface area contributed by atoms with E-state index in [9.17, 15) is 86.6 Å². The number of Topliss-reactive ketones (excluding diaryl/α,β-unsaturated/α-hetero) is 1. The van der Waals surface area contributed by atoms with Gasteiger partial charge in [0.1, 0.15) is 36.3 Å². The highest BCUT2D eigenvalue weighted by Crippen LogP contribution is 2.61. The average molecular weight is 1660 g/mol. The number of aromatic nitrogens is 4. The van der Waals surface area contributed by atoms with Gasteiger partial charge in [-0.15, -0.1) is 11.8 Å². The Morgan fingerprint density at radius 1 is 0.839 bits per heavy atom. The summed E-state index contributed by atoms with van der Waals surface area (Å²) in [5.41, 5.74) is 5.28. The molecule has 0 saturated carbocycles. The van der Waals surface area contributed by atoms with E-state index in [4.69, 9.17) is 29.0 Å². The lowest BCUT2D eigenvalue weighted by molar-refractivity contribution is -0.149. The number of nitrogen functional groups attached to an aromatic ring is 1. The number of imide groups is 1. The van der Waals surface area contributed by atoms with Crippen molar-refractivity contribution in [2.24, 2.45) is 35.0 Å². The predicted octanol–water partition coefficient (Wildman–Crippen LogP) is 4.21. The maximum Gasteiger partial charge on any atom is 0.481 e. The van der Waals surface area contributed by atoms with Crippen LogP contribution in [0.25, 0.3) is 11.2 Å². The molecule has 112 heavy (non-hydrogen) atoms. The number of nitrogens with zero attached hydrogens (tertiary/aromatic N) is 8. The van der Waals surface area contributed by atoms with E-state index in [-0.39, 0.29) is 140 Å². The van der Waals surface area contributed by atoms with Crippen LogP contribution in [0.4, 0.5) is 5.82 Å². The second-order valence-electron chi connectivity index (χ2n) is 30.2. The van der Waals surface area contributed by atoms with Crippen LogP contribution in [0.2, 0.25) is 0 Å². The summed E-state index contributed by atoms with van der Waals surface area (Å²) >= 11 is 1.17. The van der Waals surface area contributed by atoms with Gasteiger partial charge in [0.15, 0.2) is 23.5 Å². The number of methoxy groups -OCH3 is 2. The van der Waals surface area contributed by atoms with Crippen LogP contribution < -0.4 is 21.7 Å². The number of thioether (sulfide) groups is 1. The van der Waals surface area contributed by atoms with Crippen LogP contribution in [0.5, 0.6) is 0 Å². The van der Waals surface area contributed by atoms with Gasteiger partial charge in [-0.25, -0.2) is 28.6 Å². The fourth-order valence-electron chi connectivity index (χ4n) is 14.3. The zero-order chi connectivity index (χ0) is 83.5. The van der Waals surface area contributed by atoms with Gasteiger partial charge in [0.05, 0.1) is 67.5 Å². The largest absolute Gasteiger partial charge is 0.481 e. The van der Waals surface area contributed by atoms with Gasteiger partial charge < -0.3 is 80.4 Å². The van der Waals surface area contributed by atoms with E-state index in [2.05, 4.69) is 39.7 Å². The minimum absolute atomic E-state index is 0.00566. The van der Waals surface area contributed by atoms with Crippen LogP contribution in [-0.2, 0) is 95.4 Å². The lowest BCUT2D eigenvalue weighted by Crippen LogP contribution is -2.54. The Morgan fingerprint density at radius 3 is 2.15 bits per heavy atom. The first-order valence-electron chi connectivity index (χ1n) is 37.6. The molecule has 3 aliphatic heterocycles. The van der Waals surface area contributed by atoms with E-state index in [1.807, 2.05) is 85.7 Å². The zero-order valence-electron chi connectivity index (χ0n) is 66.1. The summed E-state index contributed by atoms with van der Waals surface area (Å²) in [5.74, 6) is -5.42. The van der Waals surface area contributed by atoms with Crippen LogP contribution in [0.3, 0.4) is 0 Å². The van der Waals surface area contributed by atoms with Crippen molar-refractivity contribution in [2.45, 2.75) is 219 Å². The van der Waals surface area contributed by atoms with Gasteiger partial charge >= 0.3 is 23.5 Å². The molecule has 17 unspecified atom stereocenters. The molecule has 1 aromatic carbocycles. The summed E-state index contributed by atoms with van der Waals surface area (Å²) in [5, 5.41) is 29.3. The first-order chi connectivity index (χ1) is 52.5. The summed E-state index contributed by atoms with van der Waals surface area (Å²) in [6, 6.07) is 7.98. The molecule has 11 N–H and O–H groups in total. The van der Waals surface area contributed by atoms with E-state index < -0.39 is 132 Å². The zero-order valence-corrected chi connectivity index (χ0v) is 69.6. The number of likely N-dealkylation sites (tertiary alicyclic amines) is 2. The minimum Gasteiger partial charge on any atom is -0.386 e. The van der Waals surface area contributed by atoms with Crippen LogP contribution in [0.1, 0.15) is 152 Å². The molecule has 8 amide bonds. The van der Waals surface area contributed by atoms with Gasteiger partial charge in [-0.1, -0.05) is 105 Å². The fraction of sp³-hybridized carbons (Fsp3) is 0.718. The maximum absolute atomic E-state index is 14.9. The molecular formula is C71H115N12O25P3S. The Labute approximate surface area is 657 Å². The third-order valence-electron chi connectivity index (χ3n) is 20.6. The minimum atomic E-state index is -5.65. The third-order valence-corrected chi connectivity index (χ3v) is 25.0.